The van der Waals surface area contributed by atoms with Crippen molar-refractivity contribution in [2.45, 2.75) is 32.0 Å². The molecule has 0 spiro atoms. The highest BCUT2D eigenvalue weighted by molar-refractivity contribution is 5.39. The first-order valence-electron chi connectivity index (χ1n) is 10.3. The zero-order valence-corrected chi connectivity index (χ0v) is 17.5. The summed E-state index contributed by atoms with van der Waals surface area (Å²) in [6, 6.07) is 6.63. The van der Waals surface area contributed by atoms with Gasteiger partial charge in [-0.25, -0.2) is 8.78 Å². The van der Waals surface area contributed by atoms with Crippen LogP contribution in [0.2, 0.25) is 0 Å². The molecule has 7 heteroatoms. The lowest BCUT2D eigenvalue weighted by atomic mass is 9.98. The number of hydrogen-bond acceptors (Lipinski definition) is 5. The molecule has 0 atom stereocenters. The van der Waals surface area contributed by atoms with Gasteiger partial charge in [0.05, 0.1) is 20.3 Å². The highest BCUT2D eigenvalue weighted by Crippen LogP contribution is 2.28. The minimum Gasteiger partial charge on any atom is -0.494 e. The Bertz CT molecular complexity index is 848. The number of β-amino-alcohol motifs (C(OH)–C–C–N with tert-alkyl or cyclic N) is 1. The molecule has 2 aromatic carbocycles. The number of aliphatic hydroxyl groups excluding tert-OH is 1. The Labute approximate surface area is 175 Å². The smallest absolute Gasteiger partial charge is 0.165 e. The second-order valence-electron chi connectivity index (χ2n) is 8.13. The van der Waals surface area contributed by atoms with E-state index in [4.69, 9.17) is 9.47 Å². The maximum atomic E-state index is 14.0. The molecule has 0 aliphatic carbocycles. The Morgan fingerprint density at radius 2 is 1.23 bits per heavy atom. The maximum absolute atomic E-state index is 14.0. The lowest BCUT2D eigenvalue weighted by Gasteiger charge is -2.34. The van der Waals surface area contributed by atoms with Gasteiger partial charge in [-0.05, 0) is 59.4 Å². The van der Waals surface area contributed by atoms with Crippen molar-refractivity contribution in [1.29, 1.82) is 0 Å². The Morgan fingerprint density at radius 3 is 1.63 bits per heavy atom. The van der Waals surface area contributed by atoms with Gasteiger partial charge in [-0.1, -0.05) is 0 Å². The minimum absolute atomic E-state index is 0.279. The summed E-state index contributed by atoms with van der Waals surface area (Å²) in [4.78, 5) is 4.31. The minimum atomic E-state index is -0.528. The van der Waals surface area contributed by atoms with Crippen LogP contribution in [0.4, 0.5) is 8.78 Å². The summed E-state index contributed by atoms with van der Waals surface area (Å²) in [5, 5.41) is 10.7. The van der Waals surface area contributed by atoms with E-state index in [1.807, 2.05) is 0 Å². The van der Waals surface area contributed by atoms with Crippen LogP contribution in [-0.2, 0) is 25.9 Å². The SMILES string of the molecule is COc1cc2c(cc1F)CN(CC(O)CN1CCc3cc(OC)c(F)cc3C1)CC2. The van der Waals surface area contributed by atoms with Crippen molar-refractivity contribution in [3.05, 3.63) is 58.2 Å². The zero-order chi connectivity index (χ0) is 21.3. The number of hydrogen-bond donors (Lipinski definition) is 1. The lowest BCUT2D eigenvalue weighted by molar-refractivity contribution is 0.0647. The third-order valence-corrected chi connectivity index (χ3v) is 6.07. The van der Waals surface area contributed by atoms with Crippen molar-refractivity contribution < 1.29 is 23.4 Å². The van der Waals surface area contributed by atoms with Crippen LogP contribution in [0.5, 0.6) is 11.5 Å². The number of ether oxygens (including phenoxy) is 2. The molecule has 0 amide bonds. The predicted molar refractivity (Wildman–Crippen MR) is 110 cm³/mol. The fraction of sp³-hybridized carbons (Fsp3) is 0.478. The summed E-state index contributed by atoms with van der Waals surface area (Å²) in [6.07, 6.45) is 1.08. The molecule has 0 aromatic heterocycles. The van der Waals surface area contributed by atoms with Crippen LogP contribution in [-0.4, -0.2) is 61.4 Å². The molecule has 0 saturated carbocycles. The van der Waals surface area contributed by atoms with Crippen LogP contribution >= 0.6 is 0 Å². The van der Waals surface area contributed by atoms with Crippen LogP contribution in [0.1, 0.15) is 22.3 Å². The molecule has 2 aromatic rings. The highest BCUT2D eigenvalue weighted by Gasteiger charge is 2.24. The molecule has 162 valence electrons. The molecule has 5 nitrogen and oxygen atoms in total. The first-order chi connectivity index (χ1) is 14.5. The van der Waals surface area contributed by atoms with E-state index in [1.54, 1.807) is 12.1 Å². The number of fused-ring (bicyclic) bond motifs is 2. The van der Waals surface area contributed by atoms with E-state index >= 15 is 0 Å². The van der Waals surface area contributed by atoms with Gasteiger partial charge in [0.2, 0.25) is 0 Å². The number of rotatable bonds is 6. The van der Waals surface area contributed by atoms with Crippen molar-refractivity contribution >= 4 is 0 Å². The quantitative estimate of drug-likeness (QED) is 0.782. The van der Waals surface area contributed by atoms with Gasteiger partial charge in [0.15, 0.2) is 23.1 Å². The van der Waals surface area contributed by atoms with Crippen molar-refractivity contribution in [2.24, 2.45) is 0 Å². The zero-order valence-electron chi connectivity index (χ0n) is 17.5. The van der Waals surface area contributed by atoms with E-state index in [9.17, 15) is 13.9 Å². The molecule has 0 saturated heterocycles. The van der Waals surface area contributed by atoms with Crippen molar-refractivity contribution in [3.8, 4) is 11.5 Å². The van der Waals surface area contributed by atoms with Gasteiger partial charge in [-0.2, -0.15) is 0 Å². The van der Waals surface area contributed by atoms with Crippen molar-refractivity contribution in [3.63, 3.8) is 0 Å². The summed E-state index contributed by atoms with van der Waals surface area (Å²) < 4.78 is 38.2. The average Bonchev–Trinajstić information content (AvgIpc) is 2.72. The standard InChI is InChI=1S/C23H28F2N2O3/c1-29-22-9-15-3-5-26(11-17(15)7-20(22)24)13-19(28)14-27-6-4-16-10-23(30-2)21(25)8-18(16)12-27/h7-10,19,28H,3-6,11-14H2,1-2H3. The second kappa shape index (κ2) is 8.88. The molecule has 0 bridgehead atoms. The van der Waals surface area contributed by atoms with E-state index in [-0.39, 0.29) is 23.1 Å². The Kier molecular flexibility index (Phi) is 6.22. The van der Waals surface area contributed by atoms with Crippen LogP contribution in [0.3, 0.4) is 0 Å². The number of nitrogens with zero attached hydrogens (tertiary/aromatic N) is 2. The van der Waals surface area contributed by atoms with Gasteiger partial charge in [0, 0.05) is 39.3 Å². The molecule has 2 aliphatic rings. The third kappa shape index (κ3) is 4.43. The van der Waals surface area contributed by atoms with E-state index in [0.717, 1.165) is 48.2 Å². The van der Waals surface area contributed by atoms with Crippen molar-refractivity contribution in [1.82, 2.24) is 9.80 Å². The first kappa shape index (κ1) is 21.0. The summed E-state index contributed by atoms with van der Waals surface area (Å²) in [5.74, 6) is -0.146. The topological polar surface area (TPSA) is 45.2 Å². The van der Waals surface area contributed by atoms with Crippen molar-refractivity contribution in [2.75, 3.05) is 40.4 Å². The summed E-state index contributed by atoms with van der Waals surface area (Å²) in [7, 11) is 2.94. The largest absolute Gasteiger partial charge is 0.494 e. The van der Waals surface area contributed by atoms with Gasteiger partial charge in [0.1, 0.15) is 0 Å². The number of methoxy groups -OCH3 is 2. The van der Waals surface area contributed by atoms with Gasteiger partial charge in [0.25, 0.3) is 0 Å². The molecule has 0 unspecified atom stereocenters. The molecule has 4 rings (SSSR count). The van der Waals surface area contributed by atoms with E-state index in [0.29, 0.717) is 26.2 Å². The summed E-state index contributed by atoms with van der Waals surface area (Å²) >= 11 is 0. The number of aliphatic hydroxyl groups is 1. The molecule has 30 heavy (non-hydrogen) atoms. The molecule has 0 radical (unpaired) electrons. The molecule has 2 aliphatic heterocycles. The fourth-order valence-corrected chi connectivity index (χ4v) is 4.51. The number of benzene rings is 2. The molecule has 1 N–H and O–H groups in total. The Hall–Kier alpha value is -2.22. The van der Waals surface area contributed by atoms with Gasteiger partial charge < -0.3 is 14.6 Å². The second-order valence-corrected chi connectivity index (χ2v) is 8.13. The predicted octanol–water partition coefficient (Wildman–Crippen LogP) is 2.76. The highest BCUT2D eigenvalue weighted by atomic mass is 19.1. The number of halogens is 2. The van der Waals surface area contributed by atoms with Gasteiger partial charge >= 0.3 is 0 Å². The summed E-state index contributed by atoms with van der Waals surface area (Å²) in [5.41, 5.74) is 4.10. The maximum Gasteiger partial charge on any atom is 0.165 e. The van der Waals surface area contributed by atoms with Crippen LogP contribution < -0.4 is 9.47 Å². The first-order valence-corrected chi connectivity index (χ1v) is 10.3. The summed E-state index contributed by atoms with van der Waals surface area (Å²) in [6.45, 7) is 3.89. The molecular weight excluding hydrogens is 390 g/mol. The molecular formula is C23H28F2N2O3. The van der Waals surface area contributed by atoms with Gasteiger partial charge in [-0.15, -0.1) is 0 Å². The third-order valence-electron chi connectivity index (χ3n) is 6.07. The normalized spacial score (nSPS) is 17.0. The van der Waals surface area contributed by atoms with Crippen LogP contribution in [0, 0.1) is 11.6 Å². The van der Waals surface area contributed by atoms with E-state index in [2.05, 4.69) is 9.80 Å². The van der Waals surface area contributed by atoms with Crippen LogP contribution in [0.15, 0.2) is 24.3 Å². The Morgan fingerprint density at radius 1 is 0.800 bits per heavy atom. The molecule has 0 fully saturated rings. The van der Waals surface area contributed by atoms with Gasteiger partial charge in [-0.3, -0.25) is 9.80 Å². The monoisotopic (exact) mass is 418 g/mol. The average molecular weight is 418 g/mol. The van der Waals surface area contributed by atoms with E-state index in [1.165, 1.54) is 26.4 Å². The van der Waals surface area contributed by atoms with E-state index < -0.39 is 6.10 Å². The fourth-order valence-electron chi connectivity index (χ4n) is 4.51. The van der Waals surface area contributed by atoms with Crippen LogP contribution in [0.25, 0.3) is 0 Å². The Balaban J connectivity index is 1.34. The molecule has 2 heterocycles. The lowest BCUT2D eigenvalue weighted by Crippen LogP contribution is -2.43.